The maximum atomic E-state index is 13.8. The van der Waals surface area contributed by atoms with Crippen molar-refractivity contribution in [1.29, 1.82) is 5.26 Å². The summed E-state index contributed by atoms with van der Waals surface area (Å²) < 4.78 is 29.4. The molecule has 0 aliphatic carbocycles. The van der Waals surface area contributed by atoms with Gasteiger partial charge in [-0.3, -0.25) is 9.80 Å². The number of hydrogen-bond acceptors (Lipinski definition) is 5. The van der Waals surface area contributed by atoms with Crippen LogP contribution >= 0.6 is 0 Å². The summed E-state index contributed by atoms with van der Waals surface area (Å²) in [6.45, 7) is 2.71. The Bertz CT molecular complexity index is 1290. The van der Waals surface area contributed by atoms with Crippen molar-refractivity contribution in [2.75, 3.05) is 31.1 Å². The number of pyridine rings is 1. The third-order valence-corrected chi connectivity index (χ3v) is 7.38. The standard InChI is InChI=1S/C24H22F2N6O/c25-18-11-17(12-19(26)13-18)21-4-8-30-15-24(23(33)32(21)30)5-9-29(10-6-24)22-2-1-16(14-27)20-3-7-28-31(20)22/h1-3,7,11-13,21H,4-6,8-10,15H2/t21-/m0/s1. The molecule has 2 aromatic heterocycles. The Balaban J connectivity index is 1.24. The summed E-state index contributed by atoms with van der Waals surface area (Å²) >= 11 is 0. The van der Waals surface area contributed by atoms with Crippen LogP contribution in [0, 0.1) is 28.4 Å². The molecule has 3 aliphatic rings. The third kappa shape index (κ3) is 3.01. The molecule has 7 nitrogen and oxygen atoms in total. The van der Waals surface area contributed by atoms with Gasteiger partial charge < -0.3 is 4.90 Å². The van der Waals surface area contributed by atoms with Gasteiger partial charge in [0.15, 0.2) is 0 Å². The van der Waals surface area contributed by atoms with Crippen LogP contribution in [-0.4, -0.2) is 51.7 Å². The van der Waals surface area contributed by atoms with E-state index in [9.17, 15) is 18.8 Å². The van der Waals surface area contributed by atoms with Gasteiger partial charge in [0.2, 0.25) is 5.91 Å². The lowest BCUT2D eigenvalue weighted by molar-refractivity contribution is -0.143. The molecule has 0 bridgehead atoms. The Morgan fingerprint density at radius 1 is 1.06 bits per heavy atom. The molecule has 3 aliphatic heterocycles. The molecular weight excluding hydrogens is 426 g/mol. The molecule has 3 fully saturated rings. The Morgan fingerprint density at radius 3 is 2.55 bits per heavy atom. The van der Waals surface area contributed by atoms with Gasteiger partial charge in [-0.2, -0.15) is 10.4 Å². The van der Waals surface area contributed by atoms with E-state index in [1.54, 1.807) is 15.7 Å². The maximum Gasteiger partial charge on any atom is 0.245 e. The highest BCUT2D eigenvalue weighted by Crippen LogP contribution is 2.47. The van der Waals surface area contributed by atoms with E-state index in [1.807, 2.05) is 18.2 Å². The molecule has 5 heterocycles. The monoisotopic (exact) mass is 448 g/mol. The summed E-state index contributed by atoms with van der Waals surface area (Å²) in [5, 5.41) is 17.5. The number of rotatable bonds is 2. The second-order valence-corrected chi connectivity index (χ2v) is 9.16. The number of halogens is 2. The SMILES string of the molecule is N#Cc1ccc(N2CCC3(CC2)CN2CC[C@@H](c4cc(F)cc(F)c4)N2C3=O)n2nccc12. The van der Waals surface area contributed by atoms with Crippen LogP contribution in [0.5, 0.6) is 0 Å². The molecule has 3 aromatic rings. The van der Waals surface area contributed by atoms with Crippen LogP contribution in [-0.2, 0) is 4.79 Å². The van der Waals surface area contributed by atoms with Crippen molar-refractivity contribution in [1.82, 2.24) is 19.6 Å². The fourth-order valence-corrected chi connectivity index (χ4v) is 5.73. The van der Waals surface area contributed by atoms with Gasteiger partial charge in [0.05, 0.1) is 28.7 Å². The second-order valence-electron chi connectivity index (χ2n) is 9.16. The summed E-state index contributed by atoms with van der Waals surface area (Å²) in [7, 11) is 0. The Hall–Kier alpha value is -3.51. The first-order valence-electron chi connectivity index (χ1n) is 11.2. The Labute approximate surface area is 189 Å². The number of fused-ring (bicyclic) bond motifs is 2. The van der Waals surface area contributed by atoms with E-state index < -0.39 is 17.0 Å². The first-order chi connectivity index (χ1) is 16.0. The van der Waals surface area contributed by atoms with Crippen LogP contribution < -0.4 is 4.90 Å². The number of nitriles is 1. The summed E-state index contributed by atoms with van der Waals surface area (Å²) in [6, 6.07) is 10.9. The fraction of sp³-hybridized carbons (Fsp3) is 0.375. The number of anilines is 1. The van der Waals surface area contributed by atoms with E-state index in [2.05, 4.69) is 21.1 Å². The summed E-state index contributed by atoms with van der Waals surface area (Å²) in [5.41, 5.74) is 1.36. The summed E-state index contributed by atoms with van der Waals surface area (Å²) in [4.78, 5) is 15.8. The number of hydrogen-bond donors (Lipinski definition) is 0. The van der Waals surface area contributed by atoms with E-state index in [4.69, 9.17) is 0 Å². The fourth-order valence-electron chi connectivity index (χ4n) is 5.73. The lowest BCUT2D eigenvalue weighted by Gasteiger charge is -2.39. The van der Waals surface area contributed by atoms with Gasteiger partial charge in [0.1, 0.15) is 23.5 Å². The summed E-state index contributed by atoms with van der Waals surface area (Å²) in [6.07, 6.45) is 3.72. The van der Waals surface area contributed by atoms with Gasteiger partial charge in [-0.25, -0.2) is 18.3 Å². The van der Waals surface area contributed by atoms with Crippen molar-refractivity contribution in [3.05, 3.63) is 65.4 Å². The number of piperidine rings is 1. The lowest BCUT2D eigenvalue weighted by atomic mass is 9.77. The smallest absolute Gasteiger partial charge is 0.245 e. The molecule has 6 rings (SSSR count). The molecular formula is C24H22F2N6O. The van der Waals surface area contributed by atoms with Crippen LogP contribution in [0.1, 0.15) is 36.4 Å². The van der Waals surface area contributed by atoms with Gasteiger partial charge >= 0.3 is 0 Å². The molecule has 3 saturated heterocycles. The van der Waals surface area contributed by atoms with Crippen molar-refractivity contribution in [2.45, 2.75) is 25.3 Å². The van der Waals surface area contributed by atoms with Gasteiger partial charge in [-0.1, -0.05) is 0 Å². The zero-order chi connectivity index (χ0) is 22.7. The number of aromatic nitrogens is 2. The minimum atomic E-state index is -0.620. The predicted molar refractivity (Wildman–Crippen MR) is 116 cm³/mol. The van der Waals surface area contributed by atoms with Crippen molar-refractivity contribution in [2.24, 2.45) is 5.41 Å². The number of carbonyl (C=O) groups is 1. The second kappa shape index (κ2) is 7.25. The van der Waals surface area contributed by atoms with E-state index in [1.165, 1.54) is 12.1 Å². The number of amides is 1. The molecule has 0 unspecified atom stereocenters. The maximum absolute atomic E-state index is 13.8. The van der Waals surface area contributed by atoms with Crippen molar-refractivity contribution in [3.63, 3.8) is 0 Å². The topological polar surface area (TPSA) is 67.9 Å². The molecule has 0 saturated carbocycles. The van der Waals surface area contributed by atoms with E-state index >= 15 is 0 Å². The van der Waals surface area contributed by atoms with Gasteiger partial charge in [0.25, 0.3) is 0 Å². The highest BCUT2D eigenvalue weighted by atomic mass is 19.1. The van der Waals surface area contributed by atoms with E-state index in [0.29, 0.717) is 56.6 Å². The van der Waals surface area contributed by atoms with Crippen LogP contribution in [0.25, 0.3) is 5.52 Å². The highest BCUT2D eigenvalue weighted by molar-refractivity contribution is 5.85. The van der Waals surface area contributed by atoms with Gasteiger partial charge in [0, 0.05) is 32.2 Å². The van der Waals surface area contributed by atoms with Crippen LogP contribution in [0.2, 0.25) is 0 Å². The Morgan fingerprint density at radius 2 is 1.82 bits per heavy atom. The first-order valence-corrected chi connectivity index (χ1v) is 11.2. The first kappa shape index (κ1) is 20.1. The number of nitrogens with zero attached hydrogens (tertiary/aromatic N) is 6. The highest BCUT2D eigenvalue weighted by Gasteiger charge is 2.56. The largest absolute Gasteiger partial charge is 0.356 e. The van der Waals surface area contributed by atoms with Crippen molar-refractivity contribution < 1.29 is 13.6 Å². The molecule has 1 spiro atoms. The van der Waals surface area contributed by atoms with Crippen LogP contribution in [0.4, 0.5) is 14.6 Å². The van der Waals surface area contributed by atoms with Gasteiger partial charge in [-0.05, 0) is 55.2 Å². The third-order valence-electron chi connectivity index (χ3n) is 7.38. The van der Waals surface area contributed by atoms with Gasteiger partial charge in [-0.15, -0.1) is 0 Å². The van der Waals surface area contributed by atoms with E-state index in [-0.39, 0.29) is 11.9 Å². The molecule has 9 heteroatoms. The molecule has 1 atom stereocenters. The zero-order valence-corrected chi connectivity index (χ0v) is 17.9. The lowest BCUT2D eigenvalue weighted by Crippen LogP contribution is -2.46. The summed E-state index contributed by atoms with van der Waals surface area (Å²) in [5.74, 6) is -0.280. The average Bonchev–Trinajstić information content (AvgIpc) is 3.50. The van der Waals surface area contributed by atoms with Crippen LogP contribution in [0.3, 0.4) is 0 Å². The predicted octanol–water partition coefficient (Wildman–Crippen LogP) is 3.27. The Kier molecular flexibility index (Phi) is 4.42. The van der Waals surface area contributed by atoms with Crippen molar-refractivity contribution in [3.8, 4) is 6.07 Å². The number of carbonyl (C=O) groups excluding carboxylic acids is 1. The van der Waals surface area contributed by atoms with E-state index in [0.717, 1.165) is 17.4 Å². The molecule has 168 valence electrons. The quantitative estimate of drug-likeness (QED) is 0.602. The van der Waals surface area contributed by atoms with Crippen molar-refractivity contribution >= 4 is 17.2 Å². The minimum Gasteiger partial charge on any atom is -0.356 e. The molecule has 1 amide bonds. The molecule has 33 heavy (non-hydrogen) atoms. The van der Waals surface area contributed by atoms with Crippen LogP contribution in [0.15, 0.2) is 42.6 Å². The molecule has 1 aromatic carbocycles. The number of benzene rings is 1. The molecule has 0 N–H and O–H groups in total. The minimum absolute atomic E-state index is 0.0541. The zero-order valence-electron chi connectivity index (χ0n) is 17.9. The normalized spacial score (nSPS) is 22.3. The molecule has 0 radical (unpaired) electrons. The average molecular weight is 448 g/mol. The number of hydrazine groups is 1.